The zero-order valence-electron chi connectivity index (χ0n) is 14.8. The summed E-state index contributed by atoms with van der Waals surface area (Å²) in [6.45, 7) is 0.776. The lowest BCUT2D eigenvalue weighted by Crippen LogP contribution is -2.32. The Morgan fingerprint density at radius 1 is 1.04 bits per heavy atom. The first-order chi connectivity index (χ1) is 13.6. The van der Waals surface area contributed by atoms with Crippen LogP contribution in [0.1, 0.15) is 10.4 Å². The molecule has 1 aliphatic heterocycles. The van der Waals surface area contributed by atoms with Gasteiger partial charge in [-0.05, 0) is 30.3 Å². The number of nitrogens with zero attached hydrogens (tertiary/aromatic N) is 2. The van der Waals surface area contributed by atoms with Crippen molar-refractivity contribution in [3.8, 4) is 11.5 Å². The normalized spacial score (nSPS) is 12.4. The predicted octanol–water partition coefficient (Wildman–Crippen LogP) is 1.35. The Labute approximate surface area is 159 Å². The summed E-state index contributed by atoms with van der Waals surface area (Å²) in [4.78, 5) is 32.5. The highest BCUT2D eigenvalue weighted by atomic mass is 16.6. The van der Waals surface area contributed by atoms with Crippen LogP contribution in [0.15, 0.2) is 42.7 Å². The molecule has 1 aromatic heterocycles. The number of rotatable bonds is 4. The Hall–Kier alpha value is -3.88. The zero-order chi connectivity index (χ0) is 19.5. The fourth-order valence-corrected chi connectivity index (χ4v) is 2.81. The number of amides is 2. The number of fused-ring (bicyclic) bond motifs is 2. The molecule has 2 amide bonds. The van der Waals surface area contributed by atoms with Gasteiger partial charge in [0.2, 0.25) is 5.91 Å². The molecule has 3 aromatic rings. The minimum absolute atomic E-state index is 0.183. The maximum atomic E-state index is 12.3. The molecule has 9 heteroatoms. The van der Waals surface area contributed by atoms with Crippen LogP contribution in [0.3, 0.4) is 0 Å². The minimum atomic E-state index is -0.392. The van der Waals surface area contributed by atoms with Crippen molar-refractivity contribution in [2.75, 3.05) is 30.8 Å². The van der Waals surface area contributed by atoms with Crippen molar-refractivity contribution in [1.82, 2.24) is 15.3 Å². The molecule has 1 aliphatic rings. The first-order valence-corrected chi connectivity index (χ1v) is 8.58. The van der Waals surface area contributed by atoms with E-state index in [0.717, 1.165) is 0 Å². The number of carbonyl (C=O) groups excluding carboxylic acids is 2. The summed E-state index contributed by atoms with van der Waals surface area (Å²) in [6.07, 6.45) is 1.33. The molecule has 4 rings (SSSR count). The lowest BCUT2D eigenvalue weighted by Gasteiger charge is -2.19. The zero-order valence-corrected chi connectivity index (χ0v) is 14.8. The fourth-order valence-electron chi connectivity index (χ4n) is 2.81. The first-order valence-electron chi connectivity index (χ1n) is 8.58. The molecule has 9 nitrogen and oxygen atoms in total. The summed E-state index contributed by atoms with van der Waals surface area (Å²) in [7, 11) is 0. The summed E-state index contributed by atoms with van der Waals surface area (Å²) < 4.78 is 10.9. The SMILES string of the molecule is Nc1ncnc2cc(C(=O)NCC(=O)Nc3ccc4c(c3)OCCO4)ccc12. The maximum absolute atomic E-state index is 12.3. The van der Waals surface area contributed by atoms with Gasteiger partial charge in [0.1, 0.15) is 25.4 Å². The number of carbonyl (C=O) groups is 2. The van der Waals surface area contributed by atoms with E-state index in [1.54, 1.807) is 36.4 Å². The Kier molecular flexibility index (Phi) is 4.63. The highest BCUT2D eigenvalue weighted by Gasteiger charge is 2.14. The van der Waals surface area contributed by atoms with E-state index in [-0.39, 0.29) is 12.5 Å². The number of anilines is 2. The number of hydrogen-bond acceptors (Lipinski definition) is 7. The van der Waals surface area contributed by atoms with Crippen LogP contribution < -0.4 is 25.8 Å². The van der Waals surface area contributed by atoms with Crippen LogP contribution >= 0.6 is 0 Å². The third kappa shape index (κ3) is 3.63. The van der Waals surface area contributed by atoms with Crippen LogP contribution in [-0.2, 0) is 4.79 Å². The number of nitrogens with one attached hydrogen (secondary N) is 2. The van der Waals surface area contributed by atoms with Gasteiger partial charge in [0.25, 0.3) is 5.91 Å². The smallest absolute Gasteiger partial charge is 0.251 e. The van der Waals surface area contributed by atoms with Gasteiger partial charge in [0, 0.05) is 22.7 Å². The third-order valence-electron chi connectivity index (χ3n) is 4.16. The van der Waals surface area contributed by atoms with Crippen LogP contribution in [0.25, 0.3) is 10.9 Å². The van der Waals surface area contributed by atoms with Gasteiger partial charge in [0.05, 0.1) is 12.1 Å². The van der Waals surface area contributed by atoms with E-state index < -0.39 is 5.91 Å². The molecule has 0 fully saturated rings. The Balaban J connectivity index is 1.37. The summed E-state index contributed by atoms with van der Waals surface area (Å²) >= 11 is 0. The van der Waals surface area contributed by atoms with Crippen molar-refractivity contribution < 1.29 is 19.1 Å². The average Bonchev–Trinajstić information content (AvgIpc) is 2.72. The quantitative estimate of drug-likeness (QED) is 0.624. The molecule has 0 radical (unpaired) electrons. The number of nitrogens with two attached hydrogens (primary N) is 1. The lowest BCUT2D eigenvalue weighted by molar-refractivity contribution is -0.115. The van der Waals surface area contributed by atoms with Crippen LogP contribution in [0.4, 0.5) is 11.5 Å². The molecular weight excluding hydrogens is 362 g/mol. The molecule has 2 aromatic carbocycles. The number of aromatic nitrogens is 2. The molecule has 0 saturated carbocycles. The summed E-state index contributed by atoms with van der Waals surface area (Å²) in [5, 5.41) is 5.95. The molecule has 0 aliphatic carbocycles. The van der Waals surface area contributed by atoms with E-state index in [1.807, 2.05) is 0 Å². The molecule has 0 spiro atoms. The van der Waals surface area contributed by atoms with Crippen LogP contribution in [-0.4, -0.2) is 41.5 Å². The van der Waals surface area contributed by atoms with E-state index in [0.29, 0.717) is 52.7 Å². The summed E-state index contributed by atoms with van der Waals surface area (Å²) in [5.74, 6) is 0.799. The number of hydrogen-bond donors (Lipinski definition) is 3. The maximum Gasteiger partial charge on any atom is 0.251 e. The van der Waals surface area contributed by atoms with Crippen molar-refractivity contribution in [3.63, 3.8) is 0 Å². The predicted molar refractivity (Wildman–Crippen MR) is 102 cm³/mol. The topological polar surface area (TPSA) is 128 Å². The van der Waals surface area contributed by atoms with Gasteiger partial charge in [-0.15, -0.1) is 0 Å². The molecule has 0 bridgehead atoms. The van der Waals surface area contributed by atoms with Crippen molar-refractivity contribution in [2.24, 2.45) is 0 Å². The molecular formula is C19H17N5O4. The van der Waals surface area contributed by atoms with Gasteiger partial charge >= 0.3 is 0 Å². The van der Waals surface area contributed by atoms with E-state index in [9.17, 15) is 9.59 Å². The molecule has 28 heavy (non-hydrogen) atoms. The third-order valence-corrected chi connectivity index (χ3v) is 4.16. The van der Waals surface area contributed by atoms with Crippen LogP contribution in [0, 0.1) is 0 Å². The summed E-state index contributed by atoms with van der Waals surface area (Å²) in [6, 6.07) is 10.0. The second-order valence-corrected chi connectivity index (χ2v) is 6.08. The summed E-state index contributed by atoms with van der Waals surface area (Å²) in [5.41, 5.74) is 7.26. The molecule has 0 atom stereocenters. The van der Waals surface area contributed by atoms with Gasteiger partial charge < -0.3 is 25.8 Å². The number of nitrogen functional groups attached to an aromatic ring is 1. The van der Waals surface area contributed by atoms with Gasteiger partial charge in [-0.25, -0.2) is 9.97 Å². The van der Waals surface area contributed by atoms with Crippen molar-refractivity contribution in [1.29, 1.82) is 0 Å². The highest BCUT2D eigenvalue weighted by Crippen LogP contribution is 2.32. The molecule has 0 unspecified atom stereocenters. The van der Waals surface area contributed by atoms with Crippen molar-refractivity contribution in [2.45, 2.75) is 0 Å². The van der Waals surface area contributed by atoms with Gasteiger partial charge in [-0.2, -0.15) is 0 Å². The highest BCUT2D eigenvalue weighted by molar-refractivity contribution is 6.02. The van der Waals surface area contributed by atoms with E-state index in [1.165, 1.54) is 6.33 Å². The second-order valence-electron chi connectivity index (χ2n) is 6.08. The van der Waals surface area contributed by atoms with Crippen LogP contribution in [0.5, 0.6) is 11.5 Å². The number of ether oxygens (including phenoxy) is 2. The minimum Gasteiger partial charge on any atom is -0.486 e. The Morgan fingerprint density at radius 3 is 2.71 bits per heavy atom. The Bertz CT molecular complexity index is 1070. The van der Waals surface area contributed by atoms with E-state index >= 15 is 0 Å². The van der Waals surface area contributed by atoms with Gasteiger partial charge in [-0.3, -0.25) is 9.59 Å². The Morgan fingerprint density at radius 2 is 1.86 bits per heavy atom. The molecule has 4 N–H and O–H groups in total. The first kappa shape index (κ1) is 17.5. The van der Waals surface area contributed by atoms with Crippen molar-refractivity contribution >= 4 is 34.2 Å². The monoisotopic (exact) mass is 379 g/mol. The van der Waals surface area contributed by atoms with Gasteiger partial charge in [-0.1, -0.05) is 0 Å². The molecule has 0 saturated heterocycles. The standard InChI is InChI=1S/C19H17N5O4/c20-18-13-3-1-11(7-14(13)22-10-23-18)19(26)21-9-17(25)24-12-2-4-15-16(8-12)28-6-5-27-15/h1-4,7-8,10H,5-6,9H2,(H,21,26)(H,24,25)(H2,20,22,23). The molecule has 2 heterocycles. The van der Waals surface area contributed by atoms with E-state index in [4.69, 9.17) is 15.2 Å². The lowest BCUT2D eigenvalue weighted by atomic mass is 10.1. The second kappa shape index (κ2) is 7.39. The van der Waals surface area contributed by atoms with Crippen LogP contribution in [0.2, 0.25) is 0 Å². The average molecular weight is 379 g/mol. The fraction of sp³-hybridized carbons (Fsp3) is 0.158. The van der Waals surface area contributed by atoms with E-state index in [2.05, 4.69) is 20.6 Å². The number of benzene rings is 2. The largest absolute Gasteiger partial charge is 0.486 e. The van der Waals surface area contributed by atoms with Gasteiger partial charge in [0.15, 0.2) is 11.5 Å². The van der Waals surface area contributed by atoms with Crippen molar-refractivity contribution in [3.05, 3.63) is 48.3 Å². The molecule has 142 valence electrons.